The molecule has 3 heterocycles. The number of imidazole rings is 1. The van der Waals surface area contributed by atoms with E-state index in [0.29, 0.717) is 17.6 Å². The van der Waals surface area contributed by atoms with Crippen LogP contribution in [0.2, 0.25) is 0 Å². The molecule has 1 saturated heterocycles. The van der Waals surface area contributed by atoms with Crippen molar-refractivity contribution in [3.8, 4) is 0 Å². The Kier molecular flexibility index (Phi) is 3.22. The van der Waals surface area contributed by atoms with Crippen LogP contribution in [0.25, 0.3) is 21.6 Å². The van der Waals surface area contributed by atoms with E-state index in [9.17, 15) is 5.11 Å². The average Bonchev–Trinajstić information content (AvgIpc) is 3.02. The van der Waals surface area contributed by atoms with E-state index in [0.717, 1.165) is 0 Å². The van der Waals surface area contributed by atoms with Gasteiger partial charge in [0.1, 0.15) is 11.7 Å². The van der Waals surface area contributed by atoms with Crippen LogP contribution in [0.15, 0.2) is 11.4 Å². The zero-order chi connectivity index (χ0) is 15.0. The Labute approximate surface area is 118 Å². The molecule has 3 rings (SSSR count). The van der Waals surface area contributed by atoms with Gasteiger partial charge in [0.2, 0.25) is 5.95 Å². The highest BCUT2D eigenvalue weighted by molar-refractivity contribution is 5.83. The van der Waals surface area contributed by atoms with Crippen LogP contribution in [0.4, 0.5) is 11.8 Å². The third-order valence-corrected chi connectivity index (χ3v) is 3.37. The van der Waals surface area contributed by atoms with Gasteiger partial charge in [0, 0.05) is 11.3 Å². The quantitative estimate of drug-likeness (QED) is 0.403. The molecular weight excluding hydrogens is 278 g/mol. The van der Waals surface area contributed by atoms with Gasteiger partial charge in [-0.05, 0) is 5.53 Å². The van der Waals surface area contributed by atoms with Crippen molar-refractivity contribution in [3.63, 3.8) is 0 Å². The maximum atomic E-state index is 9.28. The largest absolute Gasteiger partial charge is 0.394 e. The number of hydrogen-bond donors (Lipinski definition) is 3. The summed E-state index contributed by atoms with van der Waals surface area (Å²) in [5, 5.41) is 12.9. The number of hydrogen-bond acceptors (Lipinski definition) is 8. The first-order valence-corrected chi connectivity index (χ1v) is 6.20. The molecule has 1 fully saturated rings. The van der Waals surface area contributed by atoms with Crippen molar-refractivity contribution in [3.05, 3.63) is 16.8 Å². The first-order valence-electron chi connectivity index (χ1n) is 6.20. The van der Waals surface area contributed by atoms with Crippen LogP contribution in [-0.4, -0.2) is 43.4 Å². The van der Waals surface area contributed by atoms with Gasteiger partial charge in [-0.1, -0.05) is 5.11 Å². The molecule has 0 radical (unpaired) electrons. The SMILES string of the molecule is [N-]=[N+]=NC1C[C@H](n2cnc3nc(N)nc(N)c32)O[C@@H]1CO. The molecule has 2 aromatic heterocycles. The number of nitrogens with zero attached hydrogens (tertiary/aromatic N) is 7. The van der Waals surface area contributed by atoms with Crippen LogP contribution in [0, 0.1) is 0 Å². The van der Waals surface area contributed by atoms with Gasteiger partial charge in [0.25, 0.3) is 0 Å². The molecule has 11 nitrogen and oxygen atoms in total. The third-order valence-electron chi connectivity index (χ3n) is 3.37. The normalized spacial score (nSPS) is 25.1. The standard InChI is InChI=1S/C10H13N9O2/c11-8-7-9(16-10(12)15-8)14-3-19(7)6-1-4(17-18-13)5(2-20)21-6/h3-6,20H,1-2H2,(H4,11,12,15,16)/t4?,5-,6-/m1/s1. The maximum absolute atomic E-state index is 9.28. The van der Waals surface area contributed by atoms with Crippen molar-refractivity contribution in [2.45, 2.75) is 24.8 Å². The van der Waals surface area contributed by atoms with Crippen molar-refractivity contribution in [1.82, 2.24) is 19.5 Å². The first-order chi connectivity index (χ1) is 10.1. The van der Waals surface area contributed by atoms with Crippen LogP contribution in [0.5, 0.6) is 0 Å². The van der Waals surface area contributed by atoms with Crippen molar-refractivity contribution >= 4 is 22.9 Å². The Morgan fingerprint density at radius 1 is 1.52 bits per heavy atom. The van der Waals surface area contributed by atoms with Crippen LogP contribution in [0.1, 0.15) is 12.6 Å². The monoisotopic (exact) mass is 291 g/mol. The van der Waals surface area contributed by atoms with Gasteiger partial charge in [-0.3, -0.25) is 4.57 Å². The first kappa shape index (κ1) is 13.4. The molecule has 5 N–H and O–H groups in total. The molecular formula is C10H13N9O2. The van der Waals surface area contributed by atoms with Gasteiger partial charge in [-0.25, -0.2) is 4.98 Å². The number of aromatic nitrogens is 4. The highest BCUT2D eigenvalue weighted by atomic mass is 16.5. The summed E-state index contributed by atoms with van der Waals surface area (Å²) in [6.45, 7) is -0.244. The highest BCUT2D eigenvalue weighted by Gasteiger charge is 2.36. The molecule has 0 amide bonds. The minimum absolute atomic E-state index is 0.0396. The van der Waals surface area contributed by atoms with Gasteiger partial charge in [0.15, 0.2) is 11.5 Å². The smallest absolute Gasteiger partial charge is 0.224 e. The van der Waals surface area contributed by atoms with Gasteiger partial charge in [-0.2, -0.15) is 9.97 Å². The second kappa shape index (κ2) is 5.05. The molecule has 1 aliphatic heterocycles. The summed E-state index contributed by atoms with van der Waals surface area (Å²) in [6.07, 6.45) is 0.855. The Hall–Kier alpha value is -2.62. The summed E-state index contributed by atoms with van der Waals surface area (Å²) in [5.41, 5.74) is 20.8. The Balaban J connectivity index is 2.00. The number of nitrogens with two attached hydrogens (primary N) is 2. The van der Waals surface area contributed by atoms with E-state index in [-0.39, 0.29) is 18.4 Å². The van der Waals surface area contributed by atoms with Gasteiger partial charge >= 0.3 is 0 Å². The average molecular weight is 291 g/mol. The predicted octanol–water partition coefficient (Wildman–Crippen LogP) is -0.0506. The topological polar surface area (TPSA) is 174 Å². The number of azide groups is 1. The second-order valence-corrected chi connectivity index (χ2v) is 4.61. The van der Waals surface area contributed by atoms with E-state index in [4.69, 9.17) is 21.7 Å². The van der Waals surface area contributed by atoms with Gasteiger partial charge in [-0.15, -0.1) is 0 Å². The Bertz CT molecular complexity index is 723. The molecule has 11 heteroatoms. The second-order valence-electron chi connectivity index (χ2n) is 4.61. The maximum Gasteiger partial charge on any atom is 0.224 e. The number of fused-ring (bicyclic) bond motifs is 1. The van der Waals surface area contributed by atoms with Crippen LogP contribution in [0.3, 0.4) is 0 Å². The Morgan fingerprint density at radius 2 is 2.33 bits per heavy atom. The summed E-state index contributed by atoms with van der Waals surface area (Å²) in [4.78, 5) is 14.8. The molecule has 1 aliphatic rings. The lowest BCUT2D eigenvalue weighted by Gasteiger charge is -2.14. The number of aliphatic hydroxyl groups excluding tert-OH is 1. The van der Waals surface area contributed by atoms with Crippen LogP contribution >= 0.6 is 0 Å². The number of rotatable bonds is 3. The number of nitrogen functional groups attached to an aromatic ring is 2. The molecule has 1 unspecified atom stereocenters. The minimum atomic E-state index is -0.570. The summed E-state index contributed by atoms with van der Waals surface area (Å²) in [6, 6.07) is -0.460. The number of ether oxygens (including phenoxy) is 1. The lowest BCUT2D eigenvalue weighted by Crippen LogP contribution is -2.22. The van der Waals surface area contributed by atoms with Crippen molar-refractivity contribution in [2.24, 2.45) is 5.11 Å². The van der Waals surface area contributed by atoms with E-state index in [2.05, 4.69) is 25.0 Å². The summed E-state index contributed by atoms with van der Waals surface area (Å²) in [5.74, 6) is 0.226. The summed E-state index contributed by atoms with van der Waals surface area (Å²) in [7, 11) is 0. The molecule has 2 aromatic rings. The molecule has 0 aliphatic carbocycles. The van der Waals surface area contributed by atoms with Gasteiger partial charge in [0.05, 0.1) is 25.1 Å². The zero-order valence-corrected chi connectivity index (χ0v) is 10.9. The molecule has 21 heavy (non-hydrogen) atoms. The predicted molar refractivity (Wildman–Crippen MR) is 72.7 cm³/mol. The third kappa shape index (κ3) is 2.18. The Morgan fingerprint density at radius 3 is 3.05 bits per heavy atom. The highest BCUT2D eigenvalue weighted by Crippen LogP contribution is 2.33. The van der Waals surface area contributed by atoms with Gasteiger partial charge < -0.3 is 21.3 Å². The lowest BCUT2D eigenvalue weighted by molar-refractivity contribution is -0.0230. The molecule has 0 bridgehead atoms. The fourth-order valence-electron chi connectivity index (χ4n) is 2.45. The number of aliphatic hydroxyl groups is 1. The molecule has 110 valence electrons. The van der Waals surface area contributed by atoms with Crippen LogP contribution in [-0.2, 0) is 4.74 Å². The summed E-state index contributed by atoms with van der Waals surface area (Å²) < 4.78 is 7.33. The van der Waals surface area contributed by atoms with Crippen LogP contribution < -0.4 is 11.5 Å². The lowest BCUT2D eigenvalue weighted by atomic mass is 10.1. The van der Waals surface area contributed by atoms with E-state index in [1.807, 2.05) is 0 Å². The zero-order valence-electron chi connectivity index (χ0n) is 10.9. The fourth-order valence-corrected chi connectivity index (χ4v) is 2.45. The van der Waals surface area contributed by atoms with E-state index in [1.54, 1.807) is 4.57 Å². The fraction of sp³-hybridized carbons (Fsp3) is 0.500. The van der Waals surface area contributed by atoms with E-state index < -0.39 is 18.4 Å². The molecule has 3 atom stereocenters. The number of anilines is 2. The summed E-state index contributed by atoms with van der Waals surface area (Å²) >= 11 is 0. The van der Waals surface area contributed by atoms with Crippen molar-refractivity contribution in [2.75, 3.05) is 18.1 Å². The van der Waals surface area contributed by atoms with Crippen molar-refractivity contribution in [1.29, 1.82) is 0 Å². The molecule has 0 aromatic carbocycles. The van der Waals surface area contributed by atoms with E-state index in [1.165, 1.54) is 6.33 Å². The minimum Gasteiger partial charge on any atom is -0.394 e. The molecule has 0 spiro atoms. The van der Waals surface area contributed by atoms with E-state index >= 15 is 0 Å². The van der Waals surface area contributed by atoms with Crippen molar-refractivity contribution < 1.29 is 9.84 Å². The molecule has 0 saturated carbocycles.